The summed E-state index contributed by atoms with van der Waals surface area (Å²) in [5.74, 6) is 0.718. The van der Waals surface area contributed by atoms with Crippen molar-refractivity contribution in [1.29, 1.82) is 0 Å². The summed E-state index contributed by atoms with van der Waals surface area (Å²) in [4.78, 5) is 12.1. The van der Waals surface area contributed by atoms with Crippen LogP contribution in [-0.2, 0) is 0 Å². The summed E-state index contributed by atoms with van der Waals surface area (Å²) in [6, 6.07) is 0. The molecule has 0 aliphatic rings. The second-order valence-electron chi connectivity index (χ2n) is 2.46. The smallest absolute Gasteiger partial charge is 0.236 e. The van der Waals surface area contributed by atoms with E-state index >= 15 is 0 Å². The van der Waals surface area contributed by atoms with Crippen LogP contribution < -0.4 is 0 Å². The van der Waals surface area contributed by atoms with Gasteiger partial charge in [-0.15, -0.1) is 0 Å². The van der Waals surface area contributed by atoms with Gasteiger partial charge in [-0.1, -0.05) is 0 Å². The molecule has 0 spiro atoms. The van der Waals surface area contributed by atoms with Gasteiger partial charge >= 0.3 is 0 Å². The van der Waals surface area contributed by atoms with Crippen LogP contribution in [0.2, 0.25) is 0 Å². The van der Waals surface area contributed by atoms with Gasteiger partial charge in [0.25, 0.3) is 0 Å². The lowest BCUT2D eigenvalue weighted by molar-refractivity contribution is 0.979. The Morgan fingerprint density at radius 3 is 2.91 bits per heavy atom. The molecule has 11 heavy (non-hydrogen) atoms. The first-order chi connectivity index (χ1) is 5.29. The predicted molar refractivity (Wildman–Crippen MR) is 40.3 cm³/mol. The van der Waals surface area contributed by atoms with E-state index in [2.05, 4.69) is 15.0 Å². The SMILES string of the molecule is Cc1nc2ncncn2c1C. The van der Waals surface area contributed by atoms with Crippen LogP contribution in [0.5, 0.6) is 0 Å². The lowest BCUT2D eigenvalue weighted by atomic mass is 10.4. The van der Waals surface area contributed by atoms with Gasteiger partial charge in [0.2, 0.25) is 5.78 Å². The van der Waals surface area contributed by atoms with Crippen LogP contribution in [-0.4, -0.2) is 19.4 Å². The molecule has 0 atom stereocenters. The highest BCUT2D eigenvalue weighted by molar-refractivity contribution is 5.32. The van der Waals surface area contributed by atoms with E-state index in [4.69, 9.17) is 0 Å². The van der Waals surface area contributed by atoms with E-state index < -0.39 is 0 Å². The molecule has 2 aromatic heterocycles. The largest absolute Gasteiger partial charge is 0.271 e. The number of rotatable bonds is 0. The van der Waals surface area contributed by atoms with Crippen molar-refractivity contribution < 1.29 is 0 Å². The number of fused-ring (bicyclic) bond motifs is 1. The van der Waals surface area contributed by atoms with Crippen molar-refractivity contribution in [3.63, 3.8) is 0 Å². The molecule has 0 unspecified atom stereocenters. The second-order valence-corrected chi connectivity index (χ2v) is 2.46. The summed E-state index contributed by atoms with van der Waals surface area (Å²) in [5.41, 5.74) is 2.10. The Labute approximate surface area is 63.9 Å². The van der Waals surface area contributed by atoms with E-state index in [1.807, 2.05) is 18.2 Å². The van der Waals surface area contributed by atoms with Crippen molar-refractivity contribution in [3.8, 4) is 0 Å². The monoisotopic (exact) mass is 148 g/mol. The Morgan fingerprint density at radius 1 is 1.36 bits per heavy atom. The number of aromatic nitrogens is 4. The van der Waals surface area contributed by atoms with E-state index in [1.54, 1.807) is 6.33 Å². The summed E-state index contributed by atoms with van der Waals surface area (Å²) < 4.78 is 1.87. The fourth-order valence-corrected chi connectivity index (χ4v) is 1.02. The Bertz CT molecular complexity index is 390. The van der Waals surface area contributed by atoms with E-state index in [1.165, 1.54) is 6.33 Å². The number of nitrogens with zero attached hydrogens (tertiary/aromatic N) is 4. The summed E-state index contributed by atoms with van der Waals surface area (Å²) in [7, 11) is 0. The lowest BCUT2D eigenvalue weighted by Gasteiger charge is -1.90. The average Bonchev–Trinajstić information content (AvgIpc) is 2.30. The standard InChI is InChI=1S/C7H8N4/c1-5-6(2)11-4-8-3-9-7(11)10-5/h3-4H,1-2H3. The lowest BCUT2D eigenvalue weighted by Crippen LogP contribution is -1.90. The van der Waals surface area contributed by atoms with Gasteiger partial charge < -0.3 is 0 Å². The topological polar surface area (TPSA) is 43.1 Å². The van der Waals surface area contributed by atoms with Gasteiger partial charge in [0.15, 0.2) is 0 Å². The molecular formula is C7H8N4. The third-order valence-corrected chi connectivity index (χ3v) is 1.79. The summed E-state index contributed by atoms with van der Waals surface area (Å²) in [5, 5.41) is 0. The third-order valence-electron chi connectivity index (χ3n) is 1.79. The average molecular weight is 148 g/mol. The molecular weight excluding hydrogens is 140 g/mol. The van der Waals surface area contributed by atoms with Crippen molar-refractivity contribution in [2.45, 2.75) is 13.8 Å². The first-order valence-electron chi connectivity index (χ1n) is 3.40. The quantitative estimate of drug-likeness (QED) is 0.553. The van der Waals surface area contributed by atoms with E-state index in [0.717, 1.165) is 17.2 Å². The zero-order chi connectivity index (χ0) is 7.84. The normalized spacial score (nSPS) is 10.7. The Balaban J connectivity index is 2.92. The van der Waals surface area contributed by atoms with Gasteiger partial charge in [0.1, 0.15) is 12.7 Å². The predicted octanol–water partition coefficient (Wildman–Crippen LogP) is 0.741. The number of imidazole rings is 1. The van der Waals surface area contributed by atoms with Crippen molar-refractivity contribution in [3.05, 3.63) is 24.0 Å². The molecule has 0 saturated heterocycles. The maximum absolute atomic E-state index is 4.22. The molecule has 0 aliphatic carbocycles. The molecule has 56 valence electrons. The Kier molecular flexibility index (Phi) is 1.15. The van der Waals surface area contributed by atoms with Crippen LogP contribution in [0.3, 0.4) is 0 Å². The van der Waals surface area contributed by atoms with Crippen molar-refractivity contribution >= 4 is 5.78 Å². The summed E-state index contributed by atoms with van der Waals surface area (Å²) in [6.07, 6.45) is 3.22. The van der Waals surface area contributed by atoms with Gasteiger partial charge in [-0.25, -0.2) is 15.0 Å². The highest BCUT2D eigenvalue weighted by Gasteiger charge is 2.02. The van der Waals surface area contributed by atoms with E-state index in [-0.39, 0.29) is 0 Å². The molecule has 2 heterocycles. The minimum Gasteiger partial charge on any atom is -0.271 e. The number of hydrogen-bond donors (Lipinski definition) is 0. The zero-order valence-electron chi connectivity index (χ0n) is 6.44. The molecule has 0 aromatic carbocycles. The van der Waals surface area contributed by atoms with Crippen molar-refractivity contribution in [1.82, 2.24) is 19.4 Å². The van der Waals surface area contributed by atoms with Gasteiger partial charge in [0, 0.05) is 5.69 Å². The van der Waals surface area contributed by atoms with Crippen LogP contribution in [0.4, 0.5) is 0 Å². The fourth-order valence-electron chi connectivity index (χ4n) is 1.02. The molecule has 0 radical (unpaired) electrons. The van der Waals surface area contributed by atoms with Crippen LogP contribution in [0, 0.1) is 13.8 Å². The van der Waals surface area contributed by atoms with Gasteiger partial charge in [-0.3, -0.25) is 4.40 Å². The van der Waals surface area contributed by atoms with Crippen LogP contribution in [0.15, 0.2) is 12.7 Å². The van der Waals surface area contributed by atoms with Gasteiger partial charge in [-0.05, 0) is 13.8 Å². The molecule has 0 aliphatic heterocycles. The molecule has 4 nitrogen and oxygen atoms in total. The highest BCUT2D eigenvalue weighted by atomic mass is 15.1. The van der Waals surface area contributed by atoms with Gasteiger partial charge in [-0.2, -0.15) is 0 Å². The highest BCUT2D eigenvalue weighted by Crippen LogP contribution is 2.05. The molecule has 0 bridgehead atoms. The molecule has 0 N–H and O–H groups in total. The molecule has 0 saturated carbocycles. The number of hydrogen-bond acceptors (Lipinski definition) is 3. The maximum atomic E-state index is 4.22. The molecule has 2 rings (SSSR count). The van der Waals surface area contributed by atoms with Crippen LogP contribution >= 0.6 is 0 Å². The third kappa shape index (κ3) is 0.790. The van der Waals surface area contributed by atoms with Gasteiger partial charge in [0.05, 0.1) is 5.69 Å². The maximum Gasteiger partial charge on any atom is 0.236 e. The number of aryl methyl sites for hydroxylation is 2. The second kappa shape index (κ2) is 2.02. The minimum absolute atomic E-state index is 0.718. The molecule has 4 heteroatoms. The molecule has 0 fully saturated rings. The first kappa shape index (κ1) is 6.27. The molecule has 2 aromatic rings. The molecule has 0 amide bonds. The van der Waals surface area contributed by atoms with E-state index in [0.29, 0.717) is 0 Å². The minimum atomic E-state index is 0.718. The Morgan fingerprint density at radius 2 is 2.18 bits per heavy atom. The van der Waals surface area contributed by atoms with E-state index in [9.17, 15) is 0 Å². The first-order valence-corrected chi connectivity index (χ1v) is 3.40. The summed E-state index contributed by atoms with van der Waals surface area (Å²) in [6.45, 7) is 3.96. The fraction of sp³-hybridized carbons (Fsp3) is 0.286. The summed E-state index contributed by atoms with van der Waals surface area (Å²) >= 11 is 0. The zero-order valence-corrected chi connectivity index (χ0v) is 6.44. The van der Waals surface area contributed by atoms with Crippen LogP contribution in [0.1, 0.15) is 11.4 Å². The Hall–Kier alpha value is -1.45. The van der Waals surface area contributed by atoms with Crippen molar-refractivity contribution in [2.75, 3.05) is 0 Å². The van der Waals surface area contributed by atoms with Crippen molar-refractivity contribution in [2.24, 2.45) is 0 Å². The van der Waals surface area contributed by atoms with Crippen LogP contribution in [0.25, 0.3) is 5.78 Å².